The Morgan fingerprint density at radius 2 is 1.17 bits per heavy atom. The molecule has 0 aliphatic carbocycles. The van der Waals surface area contributed by atoms with Gasteiger partial charge in [-0.25, -0.2) is 0 Å². The fourth-order valence-corrected chi connectivity index (χ4v) is 3.56. The molecule has 0 spiro atoms. The summed E-state index contributed by atoms with van der Waals surface area (Å²) in [6.07, 6.45) is 0. The summed E-state index contributed by atoms with van der Waals surface area (Å²) in [6.45, 7) is 0. The highest BCUT2D eigenvalue weighted by molar-refractivity contribution is 6.44. The first-order valence-electron chi connectivity index (χ1n) is 6.98. The van der Waals surface area contributed by atoms with Crippen molar-refractivity contribution in [3.8, 4) is 22.3 Å². The number of nitrogens with two attached hydrogens (primary N) is 2. The van der Waals surface area contributed by atoms with Gasteiger partial charge in [-0.3, -0.25) is 0 Å². The molecule has 6 heteroatoms. The lowest BCUT2D eigenvalue weighted by Crippen LogP contribution is -2.01. The molecule has 0 aliphatic rings. The molecule has 3 rings (SSSR count). The molecule has 0 amide bonds. The van der Waals surface area contributed by atoms with Crippen molar-refractivity contribution in [2.45, 2.75) is 0 Å². The Hall–Kier alpha value is -1.58. The molecule has 0 aliphatic heterocycles. The molecule has 0 bridgehead atoms. The van der Waals surface area contributed by atoms with Gasteiger partial charge in [0.2, 0.25) is 0 Å². The molecule has 24 heavy (non-hydrogen) atoms. The van der Waals surface area contributed by atoms with Crippen LogP contribution in [0, 0.1) is 0 Å². The average molecular weight is 398 g/mol. The molecular weight excluding hydrogens is 386 g/mol. The monoisotopic (exact) mass is 396 g/mol. The zero-order valence-electron chi connectivity index (χ0n) is 12.3. The quantitative estimate of drug-likeness (QED) is 0.467. The Labute approximate surface area is 159 Å². The summed E-state index contributed by atoms with van der Waals surface area (Å²) in [4.78, 5) is 0. The SMILES string of the molecule is Nc1c(Cl)c(-c2ccc(Cl)cc2)c(Cl)c(N)c1-c1ccccc1Cl. The van der Waals surface area contributed by atoms with E-state index in [1.807, 2.05) is 30.3 Å². The molecule has 0 saturated heterocycles. The van der Waals surface area contributed by atoms with E-state index in [-0.39, 0.29) is 0 Å². The van der Waals surface area contributed by atoms with Crippen LogP contribution in [0.1, 0.15) is 0 Å². The first-order valence-corrected chi connectivity index (χ1v) is 8.49. The molecule has 0 radical (unpaired) electrons. The number of rotatable bonds is 2. The van der Waals surface area contributed by atoms with E-state index in [2.05, 4.69) is 0 Å². The van der Waals surface area contributed by atoms with Gasteiger partial charge in [0.15, 0.2) is 0 Å². The van der Waals surface area contributed by atoms with Crippen molar-refractivity contribution in [2.24, 2.45) is 0 Å². The van der Waals surface area contributed by atoms with E-state index < -0.39 is 0 Å². The molecule has 4 N–H and O–H groups in total. The second-order valence-corrected chi connectivity index (χ2v) is 6.79. The van der Waals surface area contributed by atoms with Gasteiger partial charge in [0.1, 0.15) is 0 Å². The van der Waals surface area contributed by atoms with Crippen LogP contribution in [0.25, 0.3) is 22.3 Å². The highest BCUT2D eigenvalue weighted by Gasteiger charge is 2.22. The number of halogens is 4. The summed E-state index contributed by atoms with van der Waals surface area (Å²) >= 11 is 25.2. The van der Waals surface area contributed by atoms with Gasteiger partial charge in [0.25, 0.3) is 0 Å². The van der Waals surface area contributed by atoms with Crippen molar-refractivity contribution < 1.29 is 0 Å². The van der Waals surface area contributed by atoms with E-state index in [0.717, 1.165) is 5.56 Å². The van der Waals surface area contributed by atoms with Crippen LogP contribution in [-0.2, 0) is 0 Å². The van der Waals surface area contributed by atoms with Gasteiger partial charge in [-0.2, -0.15) is 0 Å². The van der Waals surface area contributed by atoms with Crippen LogP contribution in [-0.4, -0.2) is 0 Å². The minimum absolute atomic E-state index is 0.325. The predicted molar refractivity (Wildman–Crippen MR) is 106 cm³/mol. The van der Waals surface area contributed by atoms with Gasteiger partial charge in [-0.15, -0.1) is 0 Å². The van der Waals surface area contributed by atoms with Crippen LogP contribution in [0.4, 0.5) is 11.4 Å². The normalized spacial score (nSPS) is 10.8. The molecule has 0 heterocycles. The largest absolute Gasteiger partial charge is 0.397 e. The maximum Gasteiger partial charge on any atom is 0.0736 e. The number of nitrogen functional groups attached to an aromatic ring is 2. The first kappa shape index (κ1) is 17.2. The van der Waals surface area contributed by atoms with Crippen LogP contribution in [0.2, 0.25) is 20.1 Å². The molecule has 0 unspecified atom stereocenters. The maximum atomic E-state index is 6.51. The molecular formula is C18H12Cl4N2. The summed E-state index contributed by atoms with van der Waals surface area (Å²) < 4.78 is 0. The Bertz CT molecular complexity index is 892. The van der Waals surface area contributed by atoms with Gasteiger partial charge in [-0.05, 0) is 23.8 Å². The van der Waals surface area contributed by atoms with Crippen LogP contribution in [0.15, 0.2) is 48.5 Å². The maximum absolute atomic E-state index is 6.51. The molecule has 0 saturated carbocycles. The molecule has 122 valence electrons. The van der Waals surface area contributed by atoms with E-state index in [1.54, 1.807) is 18.2 Å². The van der Waals surface area contributed by atoms with Gasteiger partial charge in [-0.1, -0.05) is 76.7 Å². The van der Waals surface area contributed by atoms with Crippen molar-refractivity contribution in [3.05, 3.63) is 68.6 Å². The van der Waals surface area contributed by atoms with Crippen LogP contribution in [0.5, 0.6) is 0 Å². The van der Waals surface area contributed by atoms with Gasteiger partial charge in [0, 0.05) is 26.7 Å². The predicted octanol–water partition coefficient (Wildman–Crippen LogP) is 6.80. The van der Waals surface area contributed by atoms with Crippen molar-refractivity contribution in [1.82, 2.24) is 0 Å². The molecule has 0 aromatic heterocycles. The van der Waals surface area contributed by atoms with Crippen LogP contribution in [0.3, 0.4) is 0 Å². The van der Waals surface area contributed by atoms with Crippen molar-refractivity contribution >= 4 is 57.8 Å². The smallest absolute Gasteiger partial charge is 0.0736 e. The Morgan fingerprint density at radius 1 is 0.625 bits per heavy atom. The third kappa shape index (κ3) is 2.91. The molecule has 3 aromatic rings. The third-order valence-corrected chi connectivity index (χ3v) is 5.09. The summed E-state index contributed by atoms with van der Waals surface area (Å²) in [5, 5.41) is 1.78. The minimum atomic E-state index is 0.325. The van der Waals surface area contributed by atoms with E-state index in [0.29, 0.717) is 48.2 Å². The van der Waals surface area contributed by atoms with Crippen molar-refractivity contribution in [3.63, 3.8) is 0 Å². The fraction of sp³-hybridized carbons (Fsp3) is 0. The number of benzene rings is 3. The summed E-state index contributed by atoms with van der Waals surface area (Å²) in [5.74, 6) is 0. The molecule has 0 atom stereocenters. The lowest BCUT2D eigenvalue weighted by Gasteiger charge is -2.18. The van der Waals surface area contributed by atoms with E-state index in [9.17, 15) is 0 Å². The van der Waals surface area contributed by atoms with E-state index in [1.165, 1.54) is 0 Å². The van der Waals surface area contributed by atoms with E-state index >= 15 is 0 Å². The Balaban J connectivity index is 2.31. The highest BCUT2D eigenvalue weighted by Crippen LogP contribution is 2.49. The van der Waals surface area contributed by atoms with Gasteiger partial charge < -0.3 is 11.5 Å². The zero-order valence-corrected chi connectivity index (χ0v) is 15.3. The number of anilines is 2. The second-order valence-electron chi connectivity index (χ2n) is 5.19. The van der Waals surface area contributed by atoms with Gasteiger partial charge >= 0.3 is 0 Å². The van der Waals surface area contributed by atoms with Crippen LogP contribution >= 0.6 is 46.4 Å². The fourth-order valence-electron chi connectivity index (χ4n) is 2.55. The van der Waals surface area contributed by atoms with E-state index in [4.69, 9.17) is 57.9 Å². The Morgan fingerprint density at radius 3 is 1.71 bits per heavy atom. The van der Waals surface area contributed by atoms with Crippen molar-refractivity contribution in [1.29, 1.82) is 0 Å². The topological polar surface area (TPSA) is 52.0 Å². The molecule has 3 aromatic carbocycles. The number of hydrogen-bond donors (Lipinski definition) is 2. The summed E-state index contributed by atoms with van der Waals surface area (Å²) in [7, 11) is 0. The summed E-state index contributed by atoms with van der Waals surface area (Å²) in [5.41, 5.74) is 15.8. The zero-order chi connectivity index (χ0) is 17.4. The lowest BCUT2D eigenvalue weighted by atomic mass is 9.96. The number of hydrogen-bond acceptors (Lipinski definition) is 2. The van der Waals surface area contributed by atoms with Gasteiger partial charge in [0.05, 0.1) is 21.4 Å². The highest BCUT2D eigenvalue weighted by atomic mass is 35.5. The minimum Gasteiger partial charge on any atom is -0.397 e. The lowest BCUT2D eigenvalue weighted by molar-refractivity contribution is 1.57. The first-order chi connectivity index (χ1) is 11.4. The van der Waals surface area contributed by atoms with Crippen molar-refractivity contribution in [2.75, 3.05) is 11.5 Å². The molecule has 0 fully saturated rings. The average Bonchev–Trinajstić information content (AvgIpc) is 2.57. The molecule has 2 nitrogen and oxygen atoms in total. The van der Waals surface area contributed by atoms with Crippen LogP contribution < -0.4 is 11.5 Å². The Kier molecular flexibility index (Phi) is 4.84. The summed E-state index contributed by atoms with van der Waals surface area (Å²) in [6, 6.07) is 14.4. The standard InChI is InChI=1S/C18H12Cl4N2/c19-10-7-5-9(6-8-10)13-15(21)17(23)14(18(24)16(13)22)11-3-1-2-4-12(11)20/h1-8H,23-24H2. The third-order valence-electron chi connectivity index (χ3n) is 3.73. The second kappa shape index (κ2) is 6.73.